The van der Waals surface area contributed by atoms with Crippen LogP contribution in [0.2, 0.25) is 0 Å². The quantitative estimate of drug-likeness (QED) is 0.438. The summed E-state index contributed by atoms with van der Waals surface area (Å²) in [6.07, 6.45) is 0. The molecule has 1 N–H and O–H groups in total. The molecule has 3 heteroatoms. The highest BCUT2D eigenvalue weighted by Gasteiger charge is 2.24. The molecule has 0 amide bonds. The van der Waals surface area contributed by atoms with Crippen molar-refractivity contribution in [2.45, 2.75) is 10.6 Å². The van der Waals surface area contributed by atoms with E-state index in [9.17, 15) is 4.39 Å². The van der Waals surface area contributed by atoms with Crippen molar-refractivity contribution in [2.24, 2.45) is 0 Å². The van der Waals surface area contributed by atoms with Gasteiger partial charge < -0.3 is 4.98 Å². The molecule has 0 unspecified atom stereocenters. The van der Waals surface area contributed by atoms with Gasteiger partial charge in [0.25, 0.3) is 0 Å². The van der Waals surface area contributed by atoms with Crippen LogP contribution in [0.25, 0.3) is 32.9 Å². The molecule has 1 aromatic heterocycles. The number of H-pyrrole nitrogens is 1. The maximum Gasteiger partial charge on any atom is 0.137 e. The van der Waals surface area contributed by atoms with Crippen LogP contribution in [0.3, 0.4) is 0 Å². The molecule has 0 aliphatic carbocycles. The van der Waals surface area contributed by atoms with Crippen LogP contribution in [0.1, 0.15) is 5.56 Å². The van der Waals surface area contributed by atoms with E-state index in [4.69, 9.17) is 0 Å². The minimum absolute atomic E-state index is 0.128. The number of rotatable bonds is 0. The van der Waals surface area contributed by atoms with E-state index in [1.165, 1.54) is 27.8 Å². The number of hydrogen-bond acceptors (Lipinski definition) is 1. The van der Waals surface area contributed by atoms with Crippen LogP contribution in [-0.2, 0) is 5.75 Å². The Morgan fingerprint density at radius 1 is 0.955 bits per heavy atom. The third kappa shape index (κ3) is 1.54. The maximum absolute atomic E-state index is 14.0. The van der Waals surface area contributed by atoms with Gasteiger partial charge in [0, 0.05) is 22.2 Å². The average Bonchev–Trinajstić information content (AvgIpc) is 2.94. The highest BCUT2D eigenvalue weighted by atomic mass is 32.2. The van der Waals surface area contributed by atoms with Gasteiger partial charge in [-0.2, -0.15) is 0 Å². The Morgan fingerprint density at radius 2 is 1.86 bits per heavy atom. The number of fused-ring (bicyclic) bond motifs is 7. The molecule has 0 spiro atoms. The number of nitrogens with one attached hydrogen (secondary N) is 1. The minimum Gasteiger partial charge on any atom is -0.354 e. The van der Waals surface area contributed by atoms with Crippen molar-refractivity contribution in [1.82, 2.24) is 4.98 Å². The van der Waals surface area contributed by atoms with Crippen LogP contribution in [0.15, 0.2) is 59.5 Å². The minimum atomic E-state index is -0.128. The van der Waals surface area contributed by atoms with E-state index in [0.29, 0.717) is 0 Å². The summed E-state index contributed by atoms with van der Waals surface area (Å²) in [5.74, 6) is 0.675. The summed E-state index contributed by atoms with van der Waals surface area (Å²) in [6, 6.07) is 18.0. The van der Waals surface area contributed by atoms with E-state index in [0.717, 1.165) is 27.4 Å². The van der Waals surface area contributed by atoms with Gasteiger partial charge in [-0.1, -0.05) is 42.5 Å². The second kappa shape index (κ2) is 4.37. The van der Waals surface area contributed by atoms with Crippen LogP contribution < -0.4 is 0 Å². The lowest BCUT2D eigenvalue weighted by Gasteiger charge is -2.16. The smallest absolute Gasteiger partial charge is 0.137 e. The SMILES string of the molecule is Fc1cccc2c1SCc1c-2[nH]c2ccc3ccccc3c12. The van der Waals surface area contributed by atoms with E-state index < -0.39 is 0 Å². The fourth-order valence-corrected chi connectivity index (χ4v) is 4.52. The van der Waals surface area contributed by atoms with E-state index in [2.05, 4.69) is 41.4 Å². The summed E-state index contributed by atoms with van der Waals surface area (Å²) in [5, 5.41) is 3.78. The normalized spacial score (nSPS) is 13.3. The van der Waals surface area contributed by atoms with Crippen molar-refractivity contribution in [3.05, 3.63) is 66.0 Å². The largest absolute Gasteiger partial charge is 0.354 e. The van der Waals surface area contributed by atoms with Gasteiger partial charge in [0.15, 0.2) is 0 Å². The number of benzene rings is 3. The third-order valence-corrected chi connectivity index (χ3v) is 5.53. The van der Waals surface area contributed by atoms with Crippen molar-refractivity contribution in [3.8, 4) is 11.3 Å². The summed E-state index contributed by atoms with van der Waals surface area (Å²) in [5.41, 5.74) is 4.46. The Bertz CT molecular complexity index is 1050. The lowest BCUT2D eigenvalue weighted by Crippen LogP contribution is -1.96. The standard InChI is InChI=1S/C19H12FNS/c20-15-7-3-6-13-18-14(10-22-19(13)15)17-12-5-2-1-4-11(12)8-9-16(17)21-18/h1-9,21H,10H2. The number of aromatic nitrogens is 1. The van der Waals surface area contributed by atoms with Gasteiger partial charge in [-0.15, -0.1) is 11.8 Å². The molecule has 0 atom stereocenters. The van der Waals surface area contributed by atoms with E-state index in [1.807, 2.05) is 6.07 Å². The first-order valence-corrected chi connectivity index (χ1v) is 8.25. The molecule has 1 aliphatic heterocycles. The monoisotopic (exact) mass is 305 g/mol. The zero-order chi connectivity index (χ0) is 14.7. The first kappa shape index (κ1) is 12.3. The maximum atomic E-state index is 14.0. The molecule has 22 heavy (non-hydrogen) atoms. The Balaban J connectivity index is 1.93. The summed E-state index contributed by atoms with van der Waals surface area (Å²) < 4.78 is 14.0. The Hall–Kier alpha value is -2.26. The van der Waals surface area contributed by atoms with E-state index in [1.54, 1.807) is 17.8 Å². The molecule has 0 fully saturated rings. The van der Waals surface area contributed by atoms with Crippen molar-refractivity contribution in [2.75, 3.05) is 0 Å². The van der Waals surface area contributed by atoms with Crippen molar-refractivity contribution < 1.29 is 4.39 Å². The Kier molecular flexibility index (Phi) is 2.44. The fourth-order valence-electron chi connectivity index (χ4n) is 3.41. The van der Waals surface area contributed by atoms with Gasteiger partial charge in [-0.3, -0.25) is 0 Å². The molecular weight excluding hydrogens is 293 g/mol. The lowest BCUT2D eigenvalue weighted by atomic mass is 10.0. The number of hydrogen-bond donors (Lipinski definition) is 1. The second-order valence-corrected chi connectivity index (χ2v) is 6.58. The predicted octanol–water partition coefficient (Wildman–Crippen LogP) is 5.73. The van der Waals surface area contributed by atoms with Crippen molar-refractivity contribution in [1.29, 1.82) is 0 Å². The first-order chi connectivity index (χ1) is 10.8. The molecule has 0 bridgehead atoms. The molecule has 4 aromatic rings. The Morgan fingerprint density at radius 3 is 2.82 bits per heavy atom. The number of aromatic amines is 1. The van der Waals surface area contributed by atoms with Gasteiger partial charge >= 0.3 is 0 Å². The highest BCUT2D eigenvalue weighted by Crippen LogP contribution is 2.46. The molecule has 5 rings (SSSR count). The van der Waals surface area contributed by atoms with Crippen LogP contribution in [-0.4, -0.2) is 4.98 Å². The number of halogens is 1. The van der Waals surface area contributed by atoms with E-state index in [-0.39, 0.29) is 5.82 Å². The molecule has 106 valence electrons. The van der Waals surface area contributed by atoms with Gasteiger partial charge in [0.05, 0.1) is 10.6 Å². The summed E-state index contributed by atoms with van der Waals surface area (Å²) in [4.78, 5) is 4.27. The molecule has 0 saturated carbocycles. The predicted molar refractivity (Wildman–Crippen MR) is 90.8 cm³/mol. The van der Waals surface area contributed by atoms with Crippen molar-refractivity contribution in [3.63, 3.8) is 0 Å². The third-order valence-electron chi connectivity index (χ3n) is 4.39. The van der Waals surface area contributed by atoms with Crippen molar-refractivity contribution >= 4 is 33.4 Å². The van der Waals surface area contributed by atoms with Crippen LogP contribution in [0.5, 0.6) is 0 Å². The molecule has 0 radical (unpaired) electrons. The molecule has 0 saturated heterocycles. The van der Waals surface area contributed by atoms with Gasteiger partial charge in [0.1, 0.15) is 5.82 Å². The summed E-state index contributed by atoms with van der Waals surface area (Å²) >= 11 is 1.59. The van der Waals surface area contributed by atoms with Gasteiger partial charge in [-0.25, -0.2) is 4.39 Å². The van der Waals surface area contributed by atoms with Gasteiger partial charge in [-0.05, 0) is 28.5 Å². The molecule has 3 aromatic carbocycles. The zero-order valence-corrected chi connectivity index (χ0v) is 12.5. The average molecular weight is 305 g/mol. The van der Waals surface area contributed by atoms with Crippen LogP contribution >= 0.6 is 11.8 Å². The topological polar surface area (TPSA) is 15.8 Å². The zero-order valence-electron chi connectivity index (χ0n) is 11.7. The molecule has 1 nitrogen and oxygen atoms in total. The summed E-state index contributed by atoms with van der Waals surface area (Å²) in [6.45, 7) is 0. The van der Waals surface area contributed by atoms with Crippen LogP contribution in [0, 0.1) is 5.82 Å². The number of thioether (sulfide) groups is 1. The van der Waals surface area contributed by atoms with E-state index >= 15 is 0 Å². The molecule has 1 aliphatic rings. The van der Waals surface area contributed by atoms with Crippen LogP contribution in [0.4, 0.5) is 4.39 Å². The lowest BCUT2D eigenvalue weighted by molar-refractivity contribution is 0.602. The fraction of sp³-hybridized carbons (Fsp3) is 0.0526. The van der Waals surface area contributed by atoms with Gasteiger partial charge in [0.2, 0.25) is 0 Å². The molecule has 2 heterocycles. The first-order valence-electron chi connectivity index (χ1n) is 7.27. The second-order valence-electron chi connectivity index (χ2n) is 5.59. The highest BCUT2D eigenvalue weighted by molar-refractivity contribution is 7.98. The Labute approximate surface area is 131 Å². The molecular formula is C19H12FNS. The summed E-state index contributed by atoms with van der Waals surface area (Å²) in [7, 11) is 0.